The maximum absolute atomic E-state index is 14.0. The fourth-order valence-corrected chi connectivity index (χ4v) is 2.99. The molecule has 6 heteroatoms. The molecule has 0 saturated carbocycles. The molecule has 29 heavy (non-hydrogen) atoms. The van der Waals surface area contributed by atoms with E-state index in [1.807, 2.05) is 31.2 Å². The van der Waals surface area contributed by atoms with Crippen molar-refractivity contribution in [1.82, 2.24) is 10.2 Å². The number of carbonyl (C=O) groups is 2. The van der Waals surface area contributed by atoms with Crippen molar-refractivity contribution in [1.29, 1.82) is 0 Å². The zero-order valence-electron chi connectivity index (χ0n) is 17.3. The smallest absolute Gasteiger partial charge is 0.242 e. The Balaban J connectivity index is 2.22. The highest BCUT2D eigenvalue weighted by Crippen LogP contribution is 2.18. The zero-order chi connectivity index (χ0) is 21.2. The van der Waals surface area contributed by atoms with Crippen molar-refractivity contribution in [2.75, 3.05) is 13.7 Å². The molecule has 0 fully saturated rings. The lowest BCUT2D eigenvalue weighted by Gasteiger charge is -2.29. The van der Waals surface area contributed by atoms with Gasteiger partial charge in [0, 0.05) is 13.1 Å². The Morgan fingerprint density at radius 2 is 1.93 bits per heavy atom. The maximum atomic E-state index is 14.0. The third kappa shape index (κ3) is 6.59. The average Bonchev–Trinajstić information content (AvgIpc) is 2.73. The number of carbonyl (C=O) groups excluding carboxylic acids is 2. The predicted molar refractivity (Wildman–Crippen MR) is 111 cm³/mol. The molecule has 0 radical (unpaired) electrons. The van der Waals surface area contributed by atoms with Crippen molar-refractivity contribution in [3.63, 3.8) is 0 Å². The van der Waals surface area contributed by atoms with Crippen LogP contribution in [0.15, 0.2) is 48.5 Å². The molecule has 2 aromatic rings. The predicted octanol–water partition coefficient (Wildman–Crippen LogP) is 3.71. The average molecular weight is 400 g/mol. The van der Waals surface area contributed by atoms with Gasteiger partial charge >= 0.3 is 0 Å². The molecule has 0 aliphatic heterocycles. The molecular formula is C23H29FN2O3. The van der Waals surface area contributed by atoms with E-state index in [2.05, 4.69) is 5.32 Å². The van der Waals surface area contributed by atoms with Crippen LogP contribution in [0.1, 0.15) is 37.8 Å². The third-order valence-corrected chi connectivity index (χ3v) is 4.78. The highest BCUT2D eigenvalue weighted by atomic mass is 19.1. The van der Waals surface area contributed by atoms with E-state index in [4.69, 9.17) is 4.74 Å². The molecule has 0 aromatic heterocycles. The van der Waals surface area contributed by atoms with E-state index < -0.39 is 11.9 Å². The van der Waals surface area contributed by atoms with E-state index in [-0.39, 0.29) is 24.8 Å². The minimum atomic E-state index is -0.683. The Kier molecular flexibility index (Phi) is 8.65. The van der Waals surface area contributed by atoms with Crippen LogP contribution in [0.3, 0.4) is 0 Å². The zero-order valence-corrected chi connectivity index (χ0v) is 17.3. The molecule has 1 atom stereocenters. The van der Waals surface area contributed by atoms with Crippen molar-refractivity contribution < 1.29 is 18.7 Å². The quantitative estimate of drug-likeness (QED) is 0.619. The fraction of sp³-hybridized carbons (Fsp3) is 0.391. The lowest BCUT2D eigenvalue weighted by molar-refractivity contribution is -0.140. The van der Waals surface area contributed by atoms with Gasteiger partial charge < -0.3 is 15.0 Å². The summed E-state index contributed by atoms with van der Waals surface area (Å²) in [5.41, 5.74) is 1.14. The van der Waals surface area contributed by atoms with Gasteiger partial charge in [-0.05, 0) is 42.7 Å². The van der Waals surface area contributed by atoms with Crippen LogP contribution in [0.5, 0.6) is 5.75 Å². The Labute approximate surface area is 171 Å². The van der Waals surface area contributed by atoms with Gasteiger partial charge in [-0.1, -0.05) is 43.7 Å². The van der Waals surface area contributed by atoms with Gasteiger partial charge in [-0.25, -0.2) is 4.39 Å². The largest absolute Gasteiger partial charge is 0.497 e. The van der Waals surface area contributed by atoms with Crippen LogP contribution in [-0.2, 0) is 22.6 Å². The van der Waals surface area contributed by atoms with Gasteiger partial charge in [0.1, 0.15) is 17.6 Å². The Morgan fingerprint density at radius 1 is 1.17 bits per heavy atom. The number of hydrogen-bond donors (Lipinski definition) is 1. The van der Waals surface area contributed by atoms with Crippen LogP contribution in [-0.4, -0.2) is 36.4 Å². The SMILES string of the molecule is CCCCNC(=O)C(C)N(Cc1cccc(OC)c1)C(=O)Cc1ccccc1F. The molecule has 0 heterocycles. The first kappa shape index (κ1) is 22.4. The molecule has 156 valence electrons. The fourth-order valence-electron chi connectivity index (χ4n) is 2.99. The molecule has 0 spiro atoms. The lowest BCUT2D eigenvalue weighted by atomic mass is 10.1. The second-order valence-electron chi connectivity index (χ2n) is 6.96. The molecule has 2 rings (SSSR count). The number of unbranched alkanes of at least 4 members (excludes halogenated alkanes) is 1. The van der Waals surface area contributed by atoms with Gasteiger partial charge in [-0.15, -0.1) is 0 Å². The monoisotopic (exact) mass is 400 g/mol. The first-order valence-electron chi connectivity index (χ1n) is 9.89. The van der Waals surface area contributed by atoms with Gasteiger partial charge in [-0.3, -0.25) is 9.59 Å². The van der Waals surface area contributed by atoms with Crippen molar-refractivity contribution in [3.05, 3.63) is 65.5 Å². The summed E-state index contributed by atoms with van der Waals surface area (Å²) in [7, 11) is 1.57. The Bertz CT molecular complexity index is 825. The van der Waals surface area contributed by atoms with E-state index in [9.17, 15) is 14.0 Å². The highest BCUT2D eigenvalue weighted by molar-refractivity contribution is 5.88. The topological polar surface area (TPSA) is 58.6 Å². The van der Waals surface area contributed by atoms with Crippen molar-refractivity contribution >= 4 is 11.8 Å². The summed E-state index contributed by atoms with van der Waals surface area (Å²) >= 11 is 0. The van der Waals surface area contributed by atoms with Crippen LogP contribution in [0.4, 0.5) is 4.39 Å². The number of hydrogen-bond acceptors (Lipinski definition) is 3. The molecule has 5 nitrogen and oxygen atoms in total. The number of ether oxygens (including phenoxy) is 1. The summed E-state index contributed by atoms with van der Waals surface area (Å²) in [5, 5.41) is 2.87. The van der Waals surface area contributed by atoms with Crippen LogP contribution in [0, 0.1) is 5.82 Å². The summed E-state index contributed by atoms with van der Waals surface area (Å²) in [6.07, 6.45) is 1.73. The molecule has 0 aliphatic carbocycles. The summed E-state index contributed by atoms with van der Waals surface area (Å²) < 4.78 is 19.3. The molecule has 2 aromatic carbocycles. The first-order valence-corrected chi connectivity index (χ1v) is 9.89. The molecule has 2 amide bonds. The number of amides is 2. The molecular weight excluding hydrogens is 371 g/mol. The van der Waals surface area contributed by atoms with E-state index >= 15 is 0 Å². The van der Waals surface area contributed by atoms with Crippen molar-refractivity contribution in [3.8, 4) is 5.75 Å². The van der Waals surface area contributed by atoms with Gasteiger partial charge in [0.25, 0.3) is 0 Å². The number of halogens is 1. The maximum Gasteiger partial charge on any atom is 0.242 e. The Morgan fingerprint density at radius 3 is 2.62 bits per heavy atom. The summed E-state index contributed by atoms with van der Waals surface area (Å²) in [5.74, 6) is -0.287. The van der Waals surface area contributed by atoms with Crippen molar-refractivity contribution in [2.45, 2.75) is 45.7 Å². The molecule has 0 aliphatic rings. The number of nitrogens with one attached hydrogen (secondary N) is 1. The minimum Gasteiger partial charge on any atom is -0.497 e. The number of benzene rings is 2. The summed E-state index contributed by atoms with van der Waals surface area (Å²) in [6, 6.07) is 12.9. The number of nitrogens with zero attached hydrogens (tertiary/aromatic N) is 1. The van der Waals surface area contributed by atoms with Crippen LogP contribution in [0.2, 0.25) is 0 Å². The van der Waals surface area contributed by atoms with E-state index in [1.165, 1.54) is 11.0 Å². The van der Waals surface area contributed by atoms with E-state index in [0.717, 1.165) is 18.4 Å². The van der Waals surface area contributed by atoms with Gasteiger partial charge in [-0.2, -0.15) is 0 Å². The normalized spacial score (nSPS) is 11.6. The third-order valence-electron chi connectivity index (χ3n) is 4.78. The minimum absolute atomic E-state index is 0.108. The number of rotatable bonds is 10. The van der Waals surface area contributed by atoms with Gasteiger partial charge in [0.2, 0.25) is 11.8 Å². The molecule has 0 saturated heterocycles. The first-order chi connectivity index (χ1) is 14.0. The highest BCUT2D eigenvalue weighted by Gasteiger charge is 2.26. The van der Waals surface area contributed by atoms with E-state index in [1.54, 1.807) is 32.2 Å². The van der Waals surface area contributed by atoms with Crippen LogP contribution >= 0.6 is 0 Å². The summed E-state index contributed by atoms with van der Waals surface area (Å²) in [4.78, 5) is 27.1. The van der Waals surface area contributed by atoms with Gasteiger partial charge in [0.15, 0.2) is 0 Å². The molecule has 1 N–H and O–H groups in total. The van der Waals surface area contributed by atoms with Crippen molar-refractivity contribution in [2.24, 2.45) is 0 Å². The summed E-state index contributed by atoms with van der Waals surface area (Å²) in [6.45, 7) is 4.53. The lowest BCUT2D eigenvalue weighted by Crippen LogP contribution is -2.48. The van der Waals surface area contributed by atoms with Crippen LogP contribution in [0.25, 0.3) is 0 Å². The second-order valence-corrected chi connectivity index (χ2v) is 6.96. The van der Waals surface area contributed by atoms with Crippen LogP contribution < -0.4 is 10.1 Å². The second kappa shape index (κ2) is 11.2. The molecule has 0 bridgehead atoms. The Hall–Kier alpha value is -2.89. The van der Waals surface area contributed by atoms with Gasteiger partial charge in [0.05, 0.1) is 13.5 Å². The number of methoxy groups -OCH3 is 1. The molecule has 1 unspecified atom stereocenters. The van der Waals surface area contributed by atoms with E-state index in [0.29, 0.717) is 17.9 Å². The standard InChI is InChI=1S/C23H29FN2O3/c1-4-5-13-25-23(28)17(2)26(16-18-9-8-11-20(14-18)29-3)22(27)15-19-10-6-7-12-21(19)24/h6-12,14,17H,4-5,13,15-16H2,1-3H3,(H,25,28).